The number of ether oxygens (including phenoxy) is 2. The van der Waals surface area contributed by atoms with Gasteiger partial charge in [-0.25, -0.2) is 13.6 Å². The number of aromatic amines is 1. The highest BCUT2D eigenvalue weighted by atomic mass is 19.1. The number of carbonyl (C=O) groups is 1. The van der Waals surface area contributed by atoms with Gasteiger partial charge in [-0.05, 0) is 36.8 Å². The van der Waals surface area contributed by atoms with E-state index in [0.717, 1.165) is 12.1 Å². The van der Waals surface area contributed by atoms with Gasteiger partial charge in [-0.2, -0.15) is 0 Å². The third-order valence-electron chi connectivity index (χ3n) is 4.68. The number of hydrogen-bond donors (Lipinski definition) is 2. The number of halogens is 2. The van der Waals surface area contributed by atoms with E-state index in [1.165, 1.54) is 0 Å². The summed E-state index contributed by atoms with van der Waals surface area (Å²) in [6.45, 7) is 1.64. The van der Waals surface area contributed by atoms with Gasteiger partial charge in [0.05, 0.1) is 23.6 Å². The first-order valence-corrected chi connectivity index (χ1v) is 8.86. The average Bonchev–Trinajstić information content (AvgIpc) is 2.66. The molecule has 0 fully saturated rings. The Labute approximate surface area is 163 Å². The molecule has 148 valence electrons. The van der Waals surface area contributed by atoms with Crippen LogP contribution in [-0.4, -0.2) is 17.6 Å². The Morgan fingerprint density at radius 1 is 1.21 bits per heavy atom. The first-order valence-electron chi connectivity index (χ1n) is 8.86. The summed E-state index contributed by atoms with van der Waals surface area (Å²) in [7, 11) is 0. The Balaban J connectivity index is 2.07. The lowest BCUT2D eigenvalue weighted by atomic mass is 9.83. The van der Waals surface area contributed by atoms with E-state index >= 15 is 0 Å². The number of nitrogens with two attached hydrogens (primary N) is 1. The molecule has 1 aromatic heterocycles. The summed E-state index contributed by atoms with van der Waals surface area (Å²) in [5.74, 6) is -3.88. The summed E-state index contributed by atoms with van der Waals surface area (Å²) < 4.78 is 38.6. The Hall–Kier alpha value is -3.68. The van der Waals surface area contributed by atoms with Crippen molar-refractivity contribution in [2.45, 2.75) is 12.8 Å². The molecule has 1 aliphatic rings. The van der Waals surface area contributed by atoms with Crippen LogP contribution in [0.15, 0.2) is 58.7 Å². The van der Waals surface area contributed by atoms with E-state index in [-0.39, 0.29) is 34.9 Å². The first kappa shape index (κ1) is 18.7. The molecule has 2 heterocycles. The first-order chi connectivity index (χ1) is 13.9. The summed E-state index contributed by atoms with van der Waals surface area (Å²) >= 11 is 0. The zero-order valence-corrected chi connectivity index (χ0v) is 15.3. The molecule has 0 saturated carbocycles. The van der Waals surface area contributed by atoms with Crippen molar-refractivity contribution in [2.24, 2.45) is 5.73 Å². The minimum Gasteiger partial charge on any atom is -0.462 e. The maximum atomic E-state index is 14.0. The van der Waals surface area contributed by atoms with Crippen molar-refractivity contribution in [1.29, 1.82) is 0 Å². The lowest BCUT2D eigenvalue weighted by molar-refractivity contribution is -0.139. The summed E-state index contributed by atoms with van der Waals surface area (Å²) in [4.78, 5) is 28.2. The monoisotopic (exact) mass is 398 g/mol. The molecule has 0 spiro atoms. The largest absolute Gasteiger partial charge is 0.462 e. The second-order valence-electron chi connectivity index (χ2n) is 6.48. The number of fused-ring (bicyclic) bond motifs is 3. The van der Waals surface area contributed by atoms with Gasteiger partial charge in [0.25, 0.3) is 5.56 Å². The minimum atomic E-state index is -1.17. The molecule has 3 aromatic rings. The van der Waals surface area contributed by atoms with Crippen molar-refractivity contribution in [3.63, 3.8) is 0 Å². The smallest absolute Gasteiger partial charge is 0.340 e. The zero-order valence-electron chi connectivity index (χ0n) is 15.3. The van der Waals surface area contributed by atoms with Crippen molar-refractivity contribution in [3.05, 3.63) is 87.0 Å². The van der Waals surface area contributed by atoms with E-state index in [0.29, 0.717) is 17.0 Å². The highest BCUT2D eigenvalue weighted by Gasteiger charge is 2.38. The molecule has 2 aromatic carbocycles. The van der Waals surface area contributed by atoms with Crippen LogP contribution in [-0.2, 0) is 9.53 Å². The van der Waals surface area contributed by atoms with Gasteiger partial charge in [0.2, 0.25) is 5.88 Å². The SMILES string of the molecule is CCOC(=O)C1=C(N)Oc2c(c(=O)[nH]c3ccccc23)[C@@H]1c1cc(F)cc(F)c1. The van der Waals surface area contributed by atoms with Crippen LogP contribution in [0.2, 0.25) is 0 Å². The van der Waals surface area contributed by atoms with Crippen LogP contribution in [0, 0.1) is 11.6 Å². The van der Waals surface area contributed by atoms with Gasteiger partial charge in [-0.1, -0.05) is 12.1 Å². The summed E-state index contributed by atoms with van der Waals surface area (Å²) in [6, 6.07) is 9.64. The van der Waals surface area contributed by atoms with E-state index < -0.39 is 29.1 Å². The average molecular weight is 398 g/mol. The van der Waals surface area contributed by atoms with Crippen LogP contribution in [0.1, 0.15) is 24.0 Å². The number of carbonyl (C=O) groups excluding carboxylic acids is 1. The molecule has 3 N–H and O–H groups in total. The van der Waals surface area contributed by atoms with Crippen molar-refractivity contribution in [2.75, 3.05) is 6.61 Å². The molecular weight excluding hydrogens is 382 g/mol. The van der Waals surface area contributed by atoms with Crippen LogP contribution in [0.4, 0.5) is 8.78 Å². The molecule has 0 saturated heterocycles. The lowest BCUT2D eigenvalue weighted by Crippen LogP contribution is -2.32. The topological polar surface area (TPSA) is 94.4 Å². The highest BCUT2D eigenvalue weighted by Crippen LogP contribution is 2.43. The highest BCUT2D eigenvalue weighted by molar-refractivity contribution is 5.95. The van der Waals surface area contributed by atoms with Crippen molar-refractivity contribution >= 4 is 16.9 Å². The fourth-order valence-corrected chi connectivity index (χ4v) is 3.55. The van der Waals surface area contributed by atoms with Gasteiger partial charge in [-0.15, -0.1) is 0 Å². The summed E-state index contributed by atoms with van der Waals surface area (Å²) in [5.41, 5.74) is 5.82. The van der Waals surface area contributed by atoms with Crippen LogP contribution < -0.4 is 16.0 Å². The number of pyridine rings is 1. The lowest BCUT2D eigenvalue weighted by Gasteiger charge is -2.28. The summed E-state index contributed by atoms with van der Waals surface area (Å²) in [6.07, 6.45) is 0. The Kier molecular flexibility index (Phi) is 4.54. The third-order valence-corrected chi connectivity index (χ3v) is 4.68. The molecule has 0 radical (unpaired) electrons. The molecule has 4 rings (SSSR count). The van der Waals surface area contributed by atoms with Gasteiger partial charge in [0.15, 0.2) is 0 Å². The van der Waals surface area contributed by atoms with E-state index in [2.05, 4.69) is 4.98 Å². The quantitative estimate of drug-likeness (QED) is 0.662. The number of hydrogen-bond acceptors (Lipinski definition) is 5. The zero-order chi connectivity index (χ0) is 20.7. The molecule has 0 bridgehead atoms. The van der Waals surface area contributed by atoms with Crippen LogP contribution in [0.25, 0.3) is 10.9 Å². The van der Waals surface area contributed by atoms with Crippen molar-refractivity contribution in [1.82, 2.24) is 4.98 Å². The maximum Gasteiger partial charge on any atom is 0.340 e. The van der Waals surface area contributed by atoms with Crippen molar-refractivity contribution in [3.8, 4) is 5.75 Å². The van der Waals surface area contributed by atoms with E-state index in [4.69, 9.17) is 15.2 Å². The number of aromatic nitrogens is 1. The second-order valence-corrected chi connectivity index (χ2v) is 6.48. The van der Waals surface area contributed by atoms with Crippen LogP contribution >= 0.6 is 0 Å². The van der Waals surface area contributed by atoms with Gasteiger partial charge >= 0.3 is 5.97 Å². The number of nitrogens with one attached hydrogen (secondary N) is 1. The number of para-hydroxylation sites is 1. The van der Waals surface area contributed by atoms with Gasteiger partial charge in [0.1, 0.15) is 23.0 Å². The Bertz CT molecular complexity index is 1210. The number of rotatable bonds is 3. The fourth-order valence-electron chi connectivity index (χ4n) is 3.55. The minimum absolute atomic E-state index is 0.0194. The molecule has 0 amide bonds. The van der Waals surface area contributed by atoms with Gasteiger partial charge in [0, 0.05) is 11.5 Å². The van der Waals surface area contributed by atoms with Gasteiger partial charge in [-0.3, -0.25) is 4.79 Å². The second kappa shape index (κ2) is 7.05. The van der Waals surface area contributed by atoms with Crippen LogP contribution in [0.3, 0.4) is 0 Å². The van der Waals surface area contributed by atoms with Gasteiger partial charge < -0.3 is 20.2 Å². The molecular formula is C21H16F2N2O4. The Morgan fingerprint density at radius 3 is 2.59 bits per heavy atom. The molecule has 8 heteroatoms. The molecule has 0 unspecified atom stereocenters. The molecule has 1 atom stereocenters. The normalized spacial score (nSPS) is 15.8. The van der Waals surface area contributed by atoms with Crippen LogP contribution in [0.5, 0.6) is 5.75 Å². The standard InChI is InChI=1S/C21H16F2N2O4/c1-2-28-21(27)17-15(10-7-11(22)9-12(23)8-10)16-18(29-19(17)24)13-5-3-4-6-14(13)25-20(16)26/h3-9,15H,2,24H2,1H3,(H,25,26)/t15-/m0/s1. The predicted molar refractivity (Wildman–Crippen MR) is 101 cm³/mol. The molecule has 0 aliphatic carbocycles. The molecule has 29 heavy (non-hydrogen) atoms. The van der Waals surface area contributed by atoms with E-state index in [1.807, 2.05) is 0 Å². The third kappa shape index (κ3) is 3.12. The fraction of sp³-hybridized carbons (Fsp3) is 0.143. The Morgan fingerprint density at radius 2 is 1.90 bits per heavy atom. The summed E-state index contributed by atoms with van der Waals surface area (Å²) in [5, 5.41) is 0.537. The molecule has 1 aliphatic heterocycles. The predicted octanol–water partition coefficient (Wildman–Crippen LogP) is 3.06. The maximum absolute atomic E-state index is 14.0. The van der Waals surface area contributed by atoms with Crippen molar-refractivity contribution < 1.29 is 23.0 Å². The van der Waals surface area contributed by atoms with E-state index in [1.54, 1.807) is 31.2 Å². The number of H-pyrrole nitrogens is 1. The van der Waals surface area contributed by atoms with E-state index in [9.17, 15) is 18.4 Å². The molecule has 6 nitrogen and oxygen atoms in total. The number of benzene rings is 2. The number of esters is 1.